The summed E-state index contributed by atoms with van der Waals surface area (Å²) in [5, 5.41) is 0. The molecule has 0 aliphatic carbocycles. The monoisotopic (exact) mass is 398 g/mol. The molecule has 0 atom stereocenters. The van der Waals surface area contributed by atoms with Gasteiger partial charge in [-0.25, -0.2) is 0 Å². The molecule has 0 N–H and O–H groups in total. The summed E-state index contributed by atoms with van der Waals surface area (Å²) >= 11 is 0. The van der Waals surface area contributed by atoms with Crippen LogP contribution in [0.3, 0.4) is 0 Å². The fourth-order valence-electron chi connectivity index (χ4n) is 3.07. The van der Waals surface area contributed by atoms with Gasteiger partial charge in [-0.1, -0.05) is 91.4 Å². The first kappa shape index (κ1) is 26.9. The Balaban J connectivity index is 3.26. The summed E-state index contributed by atoms with van der Waals surface area (Å²) in [6.45, 7) is 7.35. The summed E-state index contributed by atoms with van der Waals surface area (Å²) in [4.78, 5) is 23.2. The quantitative estimate of drug-likeness (QED) is 0.164. The first-order valence-electron chi connectivity index (χ1n) is 11.9. The average Bonchev–Trinajstić information content (AvgIpc) is 2.67. The maximum Gasteiger partial charge on any atom is 0.305 e. The smallest absolute Gasteiger partial charge is 0.305 e. The molecule has 0 aliphatic rings. The largest absolute Gasteiger partial charge is 0.466 e. The summed E-state index contributed by atoms with van der Waals surface area (Å²) in [6, 6.07) is 0. The van der Waals surface area contributed by atoms with Crippen molar-refractivity contribution in [1.29, 1.82) is 0 Å². The van der Waals surface area contributed by atoms with Gasteiger partial charge in [-0.2, -0.15) is 0 Å². The van der Waals surface area contributed by atoms with Crippen molar-refractivity contribution in [2.24, 2.45) is 5.92 Å². The summed E-state index contributed by atoms with van der Waals surface area (Å²) in [7, 11) is 0. The molecule has 0 aromatic rings. The molecule has 0 saturated heterocycles. The second-order valence-electron chi connectivity index (χ2n) is 8.39. The number of esters is 2. The minimum Gasteiger partial charge on any atom is -0.466 e. The third-order valence-corrected chi connectivity index (χ3v) is 4.85. The molecular formula is C24H46O4. The first-order valence-corrected chi connectivity index (χ1v) is 11.9. The Labute approximate surface area is 174 Å². The lowest BCUT2D eigenvalue weighted by molar-refractivity contribution is -0.144. The zero-order valence-electron chi connectivity index (χ0n) is 18.9. The van der Waals surface area contributed by atoms with E-state index >= 15 is 0 Å². The van der Waals surface area contributed by atoms with Crippen molar-refractivity contribution >= 4 is 11.9 Å². The van der Waals surface area contributed by atoms with E-state index in [1.807, 2.05) is 13.8 Å². The van der Waals surface area contributed by atoms with Gasteiger partial charge in [0.1, 0.15) is 0 Å². The lowest BCUT2D eigenvalue weighted by Gasteiger charge is -2.07. The Bertz CT molecular complexity index is 366. The molecule has 0 aromatic heterocycles. The van der Waals surface area contributed by atoms with Crippen molar-refractivity contribution in [3.8, 4) is 0 Å². The van der Waals surface area contributed by atoms with Crippen molar-refractivity contribution in [3.05, 3.63) is 0 Å². The molecule has 0 radical (unpaired) electrons. The zero-order chi connectivity index (χ0) is 20.9. The Kier molecular flexibility index (Phi) is 19.9. The highest BCUT2D eigenvalue weighted by atomic mass is 16.5. The van der Waals surface area contributed by atoms with E-state index in [-0.39, 0.29) is 11.9 Å². The third-order valence-electron chi connectivity index (χ3n) is 4.85. The maximum atomic E-state index is 11.7. The fraction of sp³-hybridized carbons (Fsp3) is 0.917. The van der Waals surface area contributed by atoms with Gasteiger partial charge in [0.25, 0.3) is 0 Å². The molecule has 4 nitrogen and oxygen atoms in total. The van der Waals surface area contributed by atoms with E-state index in [0.29, 0.717) is 32.0 Å². The number of unbranched alkanes of at least 4 members (excludes halogenated alkanes) is 12. The van der Waals surface area contributed by atoms with E-state index in [1.165, 1.54) is 57.8 Å². The minimum atomic E-state index is -0.132. The van der Waals surface area contributed by atoms with Gasteiger partial charge in [0.05, 0.1) is 13.2 Å². The van der Waals surface area contributed by atoms with Gasteiger partial charge in [0, 0.05) is 12.8 Å². The molecule has 0 rings (SSSR count). The van der Waals surface area contributed by atoms with Gasteiger partial charge < -0.3 is 9.47 Å². The molecule has 0 spiro atoms. The van der Waals surface area contributed by atoms with Crippen LogP contribution in [0.5, 0.6) is 0 Å². The van der Waals surface area contributed by atoms with E-state index in [4.69, 9.17) is 9.47 Å². The SMILES string of the molecule is CCCCCCCCCCCCCOC(=O)CCCCCC(=O)OCC(C)C. The lowest BCUT2D eigenvalue weighted by Crippen LogP contribution is -2.09. The second-order valence-corrected chi connectivity index (χ2v) is 8.39. The zero-order valence-corrected chi connectivity index (χ0v) is 18.9. The van der Waals surface area contributed by atoms with Crippen LogP contribution in [-0.2, 0) is 19.1 Å². The number of ether oxygens (including phenoxy) is 2. The van der Waals surface area contributed by atoms with Crippen LogP contribution in [0.15, 0.2) is 0 Å². The first-order chi connectivity index (χ1) is 13.6. The number of hydrogen-bond acceptors (Lipinski definition) is 4. The maximum absolute atomic E-state index is 11.7. The van der Waals surface area contributed by atoms with E-state index < -0.39 is 0 Å². The second kappa shape index (κ2) is 20.7. The summed E-state index contributed by atoms with van der Waals surface area (Å²) in [5.74, 6) is 0.140. The number of carbonyl (C=O) groups excluding carboxylic acids is 2. The van der Waals surface area contributed by atoms with Crippen LogP contribution >= 0.6 is 0 Å². The Hall–Kier alpha value is -1.06. The van der Waals surface area contributed by atoms with Crippen LogP contribution in [0.25, 0.3) is 0 Å². The van der Waals surface area contributed by atoms with Gasteiger partial charge >= 0.3 is 11.9 Å². The minimum absolute atomic E-state index is 0.102. The molecule has 28 heavy (non-hydrogen) atoms. The van der Waals surface area contributed by atoms with Crippen LogP contribution in [0, 0.1) is 5.92 Å². The highest BCUT2D eigenvalue weighted by molar-refractivity contribution is 5.69. The van der Waals surface area contributed by atoms with Crippen molar-refractivity contribution in [2.45, 2.75) is 124 Å². The van der Waals surface area contributed by atoms with E-state index in [2.05, 4.69) is 6.92 Å². The summed E-state index contributed by atoms with van der Waals surface area (Å²) in [5.41, 5.74) is 0. The predicted molar refractivity (Wildman–Crippen MR) is 116 cm³/mol. The molecular weight excluding hydrogens is 352 g/mol. The standard InChI is InChI=1S/C24H46O4/c1-4-5-6-7-8-9-10-11-12-13-17-20-27-23(25)18-15-14-16-19-24(26)28-21-22(2)3/h22H,4-21H2,1-3H3. The number of hydrogen-bond donors (Lipinski definition) is 0. The summed E-state index contributed by atoms with van der Waals surface area (Å²) in [6.07, 6.45) is 17.6. The lowest BCUT2D eigenvalue weighted by atomic mass is 10.1. The van der Waals surface area contributed by atoms with Gasteiger partial charge in [-0.05, 0) is 25.2 Å². The molecule has 0 unspecified atom stereocenters. The van der Waals surface area contributed by atoms with Gasteiger partial charge in [0.15, 0.2) is 0 Å². The molecule has 4 heteroatoms. The predicted octanol–water partition coefficient (Wildman–Crippen LogP) is 6.99. The molecule has 0 aliphatic heterocycles. The molecule has 0 fully saturated rings. The van der Waals surface area contributed by atoms with E-state index in [9.17, 15) is 9.59 Å². The van der Waals surface area contributed by atoms with Crippen molar-refractivity contribution in [2.75, 3.05) is 13.2 Å². The van der Waals surface area contributed by atoms with Crippen LogP contribution in [0.1, 0.15) is 124 Å². The molecule has 0 aromatic carbocycles. The van der Waals surface area contributed by atoms with Crippen LogP contribution in [0.4, 0.5) is 0 Å². The summed E-state index contributed by atoms with van der Waals surface area (Å²) < 4.78 is 10.4. The third kappa shape index (κ3) is 21.2. The average molecular weight is 399 g/mol. The number of carbonyl (C=O) groups is 2. The topological polar surface area (TPSA) is 52.6 Å². The van der Waals surface area contributed by atoms with Crippen LogP contribution in [0.2, 0.25) is 0 Å². The Morgan fingerprint density at radius 3 is 1.54 bits per heavy atom. The van der Waals surface area contributed by atoms with Crippen molar-refractivity contribution in [3.63, 3.8) is 0 Å². The molecule has 0 amide bonds. The Morgan fingerprint density at radius 2 is 1.04 bits per heavy atom. The molecule has 0 heterocycles. The molecule has 166 valence electrons. The fourth-order valence-corrected chi connectivity index (χ4v) is 3.07. The highest BCUT2D eigenvalue weighted by Crippen LogP contribution is 2.11. The van der Waals surface area contributed by atoms with E-state index in [1.54, 1.807) is 0 Å². The van der Waals surface area contributed by atoms with Crippen molar-refractivity contribution < 1.29 is 19.1 Å². The van der Waals surface area contributed by atoms with Gasteiger partial charge in [-0.3, -0.25) is 9.59 Å². The van der Waals surface area contributed by atoms with Crippen LogP contribution < -0.4 is 0 Å². The molecule has 0 saturated carbocycles. The normalized spacial score (nSPS) is 11.0. The van der Waals surface area contributed by atoms with Gasteiger partial charge in [-0.15, -0.1) is 0 Å². The number of rotatable bonds is 20. The molecule has 0 bridgehead atoms. The van der Waals surface area contributed by atoms with E-state index in [0.717, 1.165) is 32.1 Å². The highest BCUT2D eigenvalue weighted by Gasteiger charge is 2.06. The van der Waals surface area contributed by atoms with Gasteiger partial charge in [0.2, 0.25) is 0 Å². The van der Waals surface area contributed by atoms with Crippen molar-refractivity contribution in [1.82, 2.24) is 0 Å². The Morgan fingerprint density at radius 1 is 0.607 bits per heavy atom. The van der Waals surface area contributed by atoms with Crippen LogP contribution in [-0.4, -0.2) is 25.2 Å².